The van der Waals surface area contributed by atoms with E-state index in [-0.39, 0.29) is 11.2 Å². The van der Waals surface area contributed by atoms with Crippen molar-refractivity contribution in [3.8, 4) is 0 Å². The summed E-state index contributed by atoms with van der Waals surface area (Å²) in [6, 6.07) is 19.1. The van der Waals surface area contributed by atoms with Crippen molar-refractivity contribution in [2.75, 3.05) is 0 Å². The third-order valence-corrected chi connectivity index (χ3v) is 6.13. The second-order valence-electron chi connectivity index (χ2n) is 8.34. The summed E-state index contributed by atoms with van der Waals surface area (Å²) in [7, 11) is -0.400. The van der Waals surface area contributed by atoms with E-state index in [1.807, 2.05) is 12.3 Å². The summed E-state index contributed by atoms with van der Waals surface area (Å²) in [4.78, 5) is 4.70. The van der Waals surface area contributed by atoms with Crippen LogP contribution >= 0.6 is 0 Å². The second kappa shape index (κ2) is 5.54. The minimum atomic E-state index is -0.400. The predicted molar refractivity (Wildman–Crippen MR) is 112 cm³/mol. The van der Waals surface area contributed by atoms with Crippen molar-refractivity contribution in [1.82, 2.24) is 4.98 Å². The van der Waals surface area contributed by atoms with Gasteiger partial charge < -0.3 is 9.31 Å². The Morgan fingerprint density at radius 1 is 0.778 bits per heavy atom. The molecule has 0 saturated carbocycles. The summed E-state index contributed by atoms with van der Waals surface area (Å²) in [5, 5.41) is 5.82. The van der Waals surface area contributed by atoms with Crippen molar-refractivity contribution in [2.24, 2.45) is 0 Å². The molecule has 5 rings (SSSR count). The van der Waals surface area contributed by atoms with E-state index in [1.54, 1.807) is 0 Å². The molecule has 3 aromatic carbocycles. The summed E-state index contributed by atoms with van der Waals surface area (Å²) < 4.78 is 12.8. The van der Waals surface area contributed by atoms with Crippen LogP contribution in [0.4, 0.5) is 0 Å². The number of pyridine rings is 1. The van der Waals surface area contributed by atoms with Gasteiger partial charge in [-0.3, -0.25) is 4.98 Å². The zero-order valence-corrected chi connectivity index (χ0v) is 16.1. The number of hydrogen-bond acceptors (Lipinski definition) is 3. The molecule has 0 unspecified atom stereocenters. The molecule has 0 N–H and O–H groups in total. The molecule has 1 fully saturated rings. The zero-order chi connectivity index (χ0) is 18.8. The number of fused-ring (bicyclic) bond motifs is 5. The molecule has 1 aromatic heterocycles. The molecule has 0 aliphatic carbocycles. The Hall–Kier alpha value is -2.43. The van der Waals surface area contributed by atoms with E-state index in [1.165, 1.54) is 10.8 Å². The van der Waals surface area contributed by atoms with Gasteiger partial charge in [-0.1, -0.05) is 48.5 Å². The van der Waals surface area contributed by atoms with Gasteiger partial charge in [-0.05, 0) is 55.4 Å². The van der Waals surface area contributed by atoms with Crippen LogP contribution in [-0.4, -0.2) is 23.3 Å². The lowest BCUT2D eigenvalue weighted by molar-refractivity contribution is 0.00578. The maximum atomic E-state index is 6.38. The van der Waals surface area contributed by atoms with Crippen LogP contribution in [0.1, 0.15) is 27.7 Å². The Bertz CT molecular complexity index is 1170. The number of benzene rings is 3. The smallest absolute Gasteiger partial charge is 0.399 e. The van der Waals surface area contributed by atoms with Gasteiger partial charge in [0.05, 0.1) is 16.7 Å². The fraction of sp³-hybridized carbons (Fsp3) is 0.261. The van der Waals surface area contributed by atoms with Crippen molar-refractivity contribution in [3.05, 3.63) is 60.8 Å². The quantitative estimate of drug-likeness (QED) is 0.362. The van der Waals surface area contributed by atoms with Crippen LogP contribution < -0.4 is 5.46 Å². The monoisotopic (exact) mass is 355 g/mol. The number of hydrogen-bond donors (Lipinski definition) is 0. The average Bonchev–Trinajstić information content (AvgIpc) is 2.87. The molecule has 0 amide bonds. The Labute approximate surface area is 159 Å². The molecule has 134 valence electrons. The fourth-order valence-electron chi connectivity index (χ4n) is 3.92. The minimum absolute atomic E-state index is 0.370. The van der Waals surface area contributed by atoms with Crippen LogP contribution in [0.25, 0.3) is 32.4 Å². The van der Waals surface area contributed by atoms with Gasteiger partial charge in [0.1, 0.15) is 0 Å². The molecule has 0 bridgehead atoms. The van der Waals surface area contributed by atoms with E-state index in [0.29, 0.717) is 0 Å². The van der Waals surface area contributed by atoms with E-state index >= 15 is 0 Å². The largest absolute Gasteiger partial charge is 0.495 e. The van der Waals surface area contributed by atoms with E-state index in [9.17, 15) is 0 Å². The summed E-state index contributed by atoms with van der Waals surface area (Å²) in [5.41, 5.74) is 1.34. The molecule has 3 nitrogen and oxygen atoms in total. The van der Waals surface area contributed by atoms with Crippen LogP contribution in [-0.2, 0) is 9.31 Å². The van der Waals surface area contributed by atoms with E-state index in [0.717, 1.165) is 27.1 Å². The Morgan fingerprint density at radius 2 is 1.48 bits per heavy atom. The first-order valence-electron chi connectivity index (χ1n) is 9.42. The van der Waals surface area contributed by atoms with Gasteiger partial charge in [0, 0.05) is 17.0 Å². The highest BCUT2D eigenvalue weighted by Gasteiger charge is 2.52. The fourth-order valence-corrected chi connectivity index (χ4v) is 3.92. The van der Waals surface area contributed by atoms with Gasteiger partial charge >= 0.3 is 7.12 Å². The van der Waals surface area contributed by atoms with Gasteiger partial charge in [0.25, 0.3) is 0 Å². The average molecular weight is 355 g/mol. The van der Waals surface area contributed by atoms with Gasteiger partial charge in [-0.15, -0.1) is 0 Å². The third-order valence-electron chi connectivity index (χ3n) is 6.13. The molecule has 0 atom stereocenters. The lowest BCUT2D eigenvalue weighted by Gasteiger charge is -2.32. The molecule has 0 spiro atoms. The Kier molecular flexibility index (Phi) is 3.43. The molecular weight excluding hydrogens is 333 g/mol. The molecule has 1 saturated heterocycles. The number of aromatic nitrogens is 1. The van der Waals surface area contributed by atoms with Crippen LogP contribution in [0.15, 0.2) is 60.8 Å². The zero-order valence-electron chi connectivity index (χ0n) is 16.1. The molecule has 27 heavy (non-hydrogen) atoms. The van der Waals surface area contributed by atoms with E-state index < -0.39 is 7.12 Å². The normalized spacial score (nSPS) is 18.6. The molecular formula is C23H22BNO2. The second-order valence-corrected chi connectivity index (χ2v) is 8.34. The predicted octanol–water partition coefficient (Wildman–Crippen LogP) is 4.84. The SMILES string of the molecule is CC1(C)OB(c2cc3cccnc3c3c2ccc2ccccc23)OC1(C)C. The van der Waals surface area contributed by atoms with Crippen molar-refractivity contribution in [1.29, 1.82) is 0 Å². The van der Waals surface area contributed by atoms with Gasteiger partial charge in [0.2, 0.25) is 0 Å². The maximum absolute atomic E-state index is 6.38. The van der Waals surface area contributed by atoms with E-state index in [4.69, 9.17) is 14.3 Å². The topological polar surface area (TPSA) is 31.4 Å². The lowest BCUT2D eigenvalue weighted by atomic mass is 9.74. The Morgan fingerprint density at radius 3 is 2.26 bits per heavy atom. The molecule has 4 heteroatoms. The van der Waals surface area contributed by atoms with Gasteiger partial charge in [-0.2, -0.15) is 0 Å². The highest BCUT2D eigenvalue weighted by atomic mass is 16.7. The minimum Gasteiger partial charge on any atom is -0.399 e. The summed E-state index contributed by atoms with van der Waals surface area (Å²) >= 11 is 0. The number of rotatable bonds is 1. The molecule has 2 heterocycles. The highest BCUT2D eigenvalue weighted by Crippen LogP contribution is 2.38. The Balaban J connectivity index is 1.87. The first-order valence-corrected chi connectivity index (χ1v) is 9.42. The van der Waals surface area contributed by atoms with Crippen LogP contribution in [0, 0.1) is 0 Å². The lowest BCUT2D eigenvalue weighted by Crippen LogP contribution is -2.41. The van der Waals surface area contributed by atoms with E-state index in [2.05, 4.69) is 76.2 Å². The molecule has 1 aliphatic rings. The van der Waals surface area contributed by atoms with Crippen LogP contribution in [0.5, 0.6) is 0 Å². The van der Waals surface area contributed by atoms with Gasteiger partial charge in [0.15, 0.2) is 0 Å². The summed E-state index contributed by atoms with van der Waals surface area (Å²) in [5.74, 6) is 0. The van der Waals surface area contributed by atoms with Gasteiger partial charge in [-0.25, -0.2) is 0 Å². The van der Waals surface area contributed by atoms with Crippen LogP contribution in [0.3, 0.4) is 0 Å². The van der Waals surface area contributed by atoms with Crippen LogP contribution in [0.2, 0.25) is 0 Å². The summed E-state index contributed by atoms with van der Waals surface area (Å²) in [6.07, 6.45) is 1.86. The number of nitrogens with zero attached hydrogens (tertiary/aromatic N) is 1. The van der Waals surface area contributed by atoms with Crippen molar-refractivity contribution in [2.45, 2.75) is 38.9 Å². The summed E-state index contributed by atoms with van der Waals surface area (Å²) in [6.45, 7) is 8.36. The third kappa shape index (κ3) is 2.40. The first-order chi connectivity index (χ1) is 12.9. The first kappa shape index (κ1) is 16.7. The van der Waals surface area contributed by atoms with Crippen molar-refractivity contribution in [3.63, 3.8) is 0 Å². The molecule has 4 aromatic rings. The van der Waals surface area contributed by atoms with Crippen molar-refractivity contribution >= 4 is 45.0 Å². The highest BCUT2D eigenvalue weighted by molar-refractivity contribution is 6.66. The molecule has 0 radical (unpaired) electrons. The maximum Gasteiger partial charge on any atom is 0.495 e. The molecule has 1 aliphatic heterocycles. The van der Waals surface area contributed by atoms with Crippen molar-refractivity contribution < 1.29 is 9.31 Å². The standard InChI is InChI=1S/C23H22BNO2/c1-22(2)23(3,4)27-24(26-22)19-14-16-9-7-13-25-21(16)20-17-10-6-5-8-15(17)11-12-18(19)20/h5-14H,1-4H3.